The molecule has 1 aliphatic rings. The summed E-state index contributed by atoms with van der Waals surface area (Å²) >= 11 is 0. The Hall–Kier alpha value is -1.40. The van der Waals surface area contributed by atoms with Gasteiger partial charge in [-0.2, -0.15) is 5.10 Å². The maximum Gasteiger partial charge on any atom is 0.236 e. The smallest absolute Gasteiger partial charge is 0.236 e. The zero-order valence-electron chi connectivity index (χ0n) is 11.9. The van der Waals surface area contributed by atoms with E-state index < -0.39 is 0 Å². The summed E-state index contributed by atoms with van der Waals surface area (Å²) in [7, 11) is 1.91. The highest BCUT2D eigenvalue weighted by molar-refractivity contribution is 5.80. The van der Waals surface area contributed by atoms with Crippen molar-refractivity contribution in [3.8, 4) is 0 Å². The van der Waals surface area contributed by atoms with Crippen molar-refractivity contribution >= 4 is 5.91 Å². The first-order valence-electron chi connectivity index (χ1n) is 6.72. The lowest BCUT2D eigenvalue weighted by Crippen LogP contribution is -2.59. The number of carbonyl (C=O) groups excluding carboxylic acids is 1. The second-order valence-corrected chi connectivity index (χ2v) is 5.51. The Labute approximate surface area is 114 Å². The predicted molar refractivity (Wildman–Crippen MR) is 73.3 cm³/mol. The lowest BCUT2D eigenvalue weighted by atomic mass is 10.1. The lowest BCUT2D eigenvalue weighted by molar-refractivity contribution is -0.126. The molecule has 1 amide bonds. The van der Waals surface area contributed by atoms with Crippen LogP contribution in [0.3, 0.4) is 0 Å². The summed E-state index contributed by atoms with van der Waals surface area (Å²) in [6, 6.07) is 0.156. The van der Waals surface area contributed by atoms with Crippen molar-refractivity contribution in [3.63, 3.8) is 0 Å². The fourth-order valence-electron chi connectivity index (χ4n) is 2.68. The van der Waals surface area contributed by atoms with Crippen LogP contribution in [0.4, 0.5) is 0 Å². The first-order valence-corrected chi connectivity index (χ1v) is 6.72. The molecule has 1 atom stereocenters. The summed E-state index contributed by atoms with van der Waals surface area (Å²) in [5.74, 6) is -0.232. The van der Waals surface area contributed by atoms with Gasteiger partial charge in [0.05, 0.1) is 6.20 Å². The van der Waals surface area contributed by atoms with Crippen molar-refractivity contribution in [1.29, 1.82) is 0 Å². The van der Waals surface area contributed by atoms with Gasteiger partial charge >= 0.3 is 0 Å². The van der Waals surface area contributed by atoms with Crippen LogP contribution in [0.1, 0.15) is 19.4 Å². The van der Waals surface area contributed by atoms with Gasteiger partial charge in [-0.05, 0) is 13.8 Å². The van der Waals surface area contributed by atoms with E-state index in [1.54, 1.807) is 4.68 Å². The quantitative estimate of drug-likeness (QED) is 0.819. The Kier molecular flexibility index (Phi) is 4.21. The second kappa shape index (κ2) is 5.71. The van der Waals surface area contributed by atoms with Crippen LogP contribution in [0.5, 0.6) is 0 Å². The third kappa shape index (κ3) is 3.33. The summed E-state index contributed by atoms with van der Waals surface area (Å²) in [6.45, 7) is 7.56. The number of aromatic nitrogens is 2. The van der Waals surface area contributed by atoms with E-state index in [4.69, 9.17) is 5.73 Å². The van der Waals surface area contributed by atoms with Gasteiger partial charge in [0.1, 0.15) is 6.04 Å². The zero-order chi connectivity index (χ0) is 14.0. The number of hydrogen-bond donors (Lipinski definition) is 1. The van der Waals surface area contributed by atoms with Gasteiger partial charge in [0.15, 0.2) is 0 Å². The number of hydrogen-bond acceptors (Lipinski definition) is 4. The van der Waals surface area contributed by atoms with Crippen LogP contribution in [0.15, 0.2) is 12.4 Å². The molecule has 6 heteroatoms. The van der Waals surface area contributed by atoms with Gasteiger partial charge < -0.3 is 5.73 Å². The molecule has 2 heterocycles. The van der Waals surface area contributed by atoms with E-state index in [-0.39, 0.29) is 11.9 Å². The molecule has 1 saturated heterocycles. The average Bonchev–Trinajstić information content (AvgIpc) is 2.74. The second-order valence-electron chi connectivity index (χ2n) is 5.51. The number of rotatable bonds is 4. The summed E-state index contributed by atoms with van der Waals surface area (Å²) in [5.41, 5.74) is 6.70. The van der Waals surface area contributed by atoms with Crippen molar-refractivity contribution < 1.29 is 4.79 Å². The van der Waals surface area contributed by atoms with Crippen LogP contribution >= 0.6 is 0 Å². The maximum atomic E-state index is 11.6. The van der Waals surface area contributed by atoms with E-state index in [0.717, 1.165) is 19.6 Å². The predicted octanol–water partition coefficient (Wildman–Crippen LogP) is -0.200. The zero-order valence-corrected chi connectivity index (χ0v) is 11.9. The molecule has 106 valence electrons. The number of aryl methyl sites for hydroxylation is 1. The SMILES string of the molecule is CC(C)N1CCN(Cc2cnn(C)c2)C[C@H]1C(N)=O. The van der Waals surface area contributed by atoms with E-state index >= 15 is 0 Å². The third-order valence-corrected chi connectivity index (χ3v) is 3.66. The molecule has 0 unspecified atom stereocenters. The van der Waals surface area contributed by atoms with E-state index in [0.29, 0.717) is 12.6 Å². The minimum Gasteiger partial charge on any atom is -0.368 e. The third-order valence-electron chi connectivity index (χ3n) is 3.66. The lowest BCUT2D eigenvalue weighted by Gasteiger charge is -2.41. The Bertz CT molecular complexity index is 442. The molecule has 2 N–H and O–H groups in total. The standard InChI is InChI=1S/C13H23N5O/c1-10(2)18-5-4-17(9-12(18)13(14)19)8-11-6-15-16(3)7-11/h6-7,10,12H,4-5,8-9H2,1-3H3,(H2,14,19)/t12-/m0/s1. The minimum absolute atomic E-state index is 0.189. The van der Waals surface area contributed by atoms with Crippen LogP contribution in [0, 0.1) is 0 Å². The number of piperazine rings is 1. The molecular formula is C13H23N5O. The average molecular weight is 265 g/mol. The maximum absolute atomic E-state index is 11.6. The number of carbonyl (C=O) groups is 1. The van der Waals surface area contributed by atoms with Crippen LogP contribution in [0.2, 0.25) is 0 Å². The molecule has 6 nitrogen and oxygen atoms in total. The highest BCUT2D eigenvalue weighted by Gasteiger charge is 2.32. The van der Waals surface area contributed by atoms with Crippen molar-refractivity contribution in [2.24, 2.45) is 12.8 Å². The molecule has 0 spiro atoms. The highest BCUT2D eigenvalue weighted by atomic mass is 16.1. The summed E-state index contributed by atoms with van der Waals surface area (Å²) in [6.07, 6.45) is 3.88. The first kappa shape index (κ1) is 14.0. The van der Waals surface area contributed by atoms with E-state index in [2.05, 4.69) is 28.7 Å². The molecule has 0 saturated carbocycles. The highest BCUT2D eigenvalue weighted by Crippen LogP contribution is 2.15. The molecular weight excluding hydrogens is 242 g/mol. The molecule has 19 heavy (non-hydrogen) atoms. The first-order chi connectivity index (χ1) is 8.97. The number of amides is 1. The number of nitrogens with two attached hydrogens (primary N) is 1. The molecule has 1 fully saturated rings. The van der Waals surface area contributed by atoms with Crippen molar-refractivity contribution in [2.75, 3.05) is 19.6 Å². The van der Waals surface area contributed by atoms with E-state index in [9.17, 15) is 4.79 Å². The minimum atomic E-state index is -0.232. The van der Waals surface area contributed by atoms with Crippen LogP contribution < -0.4 is 5.73 Å². The molecule has 0 aliphatic carbocycles. The summed E-state index contributed by atoms with van der Waals surface area (Å²) < 4.78 is 1.80. The topological polar surface area (TPSA) is 67.4 Å². The van der Waals surface area contributed by atoms with Gasteiger partial charge in [0.25, 0.3) is 0 Å². The van der Waals surface area contributed by atoms with Crippen molar-refractivity contribution in [3.05, 3.63) is 18.0 Å². The Balaban J connectivity index is 2.00. The fraction of sp³-hybridized carbons (Fsp3) is 0.692. The molecule has 1 aliphatic heterocycles. The van der Waals surface area contributed by atoms with Gasteiger partial charge in [-0.1, -0.05) is 0 Å². The van der Waals surface area contributed by atoms with Gasteiger partial charge in [0.2, 0.25) is 5.91 Å². The van der Waals surface area contributed by atoms with Crippen LogP contribution in [-0.4, -0.2) is 57.2 Å². The molecule has 1 aromatic rings. The monoisotopic (exact) mass is 265 g/mol. The number of primary amides is 1. The van der Waals surface area contributed by atoms with Crippen molar-refractivity contribution in [1.82, 2.24) is 19.6 Å². The van der Waals surface area contributed by atoms with Gasteiger partial charge in [-0.3, -0.25) is 19.3 Å². The van der Waals surface area contributed by atoms with E-state index in [1.807, 2.05) is 19.4 Å². The fourth-order valence-corrected chi connectivity index (χ4v) is 2.68. The summed E-state index contributed by atoms with van der Waals surface area (Å²) in [4.78, 5) is 16.1. The molecule has 1 aromatic heterocycles. The van der Waals surface area contributed by atoms with Gasteiger partial charge in [-0.25, -0.2) is 0 Å². The molecule has 0 aromatic carbocycles. The Morgan fingerprint density at radius 1 is 1.53 bits per heavy atom. The number of nitrogens with zero attached hydrogens (tertiary/aromatic N) is 4. The van der Waals surface area contributed by atoms with Crippen LogP contribution in [0.25, 0.3) is 0 Å². The largest absolute Gasteiger partial charge is 0.368 e. The van der Waals surface area contributed by atoms with Crippen LogP contribution in [-0.2, 0) is 18.4 Å². The molecule has 0 radical (unpaired) electrons. The molecule has 0 bridgehead atoms. The normalized spacial score (nSPS) is 22.0. The Morgan fingerprint density at radius 3 is 2.79 bits per heavy atom. The van der Waals surface area contributed by atoms with E-state index in [1.165, 1.54) is 5.56 Å². The molecule has 2 rings (SSSR count). The summed E-state index contributed by atoms with van der Waals surface area (Å²) in [5, 5.41) is 4.17. The Morgan fingerprint density at radius 2 is 2.26 bits per heavy atom. The van der Waals surface area contributed by atoms with Crippen molar-refractivity contribution in [2.45, 2.75) is 32.5 Å². The van der Waals surface area contributed by atoms with Gasteiger partial charge in [-0.15, -0.1) is 0 Å². The van der Waals surface area contributed by atoms with Gasteiger partial charge in [0, 0.05) is 51.0 Å².